The van der Waals surface area contributed by atoms with E-state index in [1.165, 1.54) is 15.3 Å². The largest absolute Gasteiger partial charge is 0.178 e. The second-order valence-electron chi connectivity index (χ2n) is 3.23. The molecule has 14 heavy (non-hydrogen) atoms. The Labute approximate surface area is 93.1 Å². The van der Waals surface area contributed by atoms with Crippen LogP contribution in [-0.4, -0.2) is 11.9 Å². The maximum absolute atomic E-state index is 2.20. The van der Waals surface area contributed by atoms with Crippen molar-refractivity contribution in [2.24, 2.45) is 0 Å². The van der Waals surface area contributed by atoms with Gasteiger partial charge in [0.1, 0.15) is 0 Å². The van der Waals surface area contributed by atoms with Gasteiger partial charge in [0.05, 0.1) is 4.58 Å². The first-order chi connectivity index (χ1) is 6.93. The molecule has 2 heterocycles. The van der Waals surface area contributed by atoms with Crippen molar-refractivity contribution in [1.29, 1.82) is 0 Å². The molecular weight excluding hydrogens is 207 g/mol. The highest BCUT2D eigenvalue weighted by Crippen LogP contribution is 2.50. The van der Waals surface area contributed by atoms with E-state index in [-0.39, 0.29) is 0 Å². The molecule has 0 atom stereocenters. The monoisotopic (exact) mass is 215 g/mol. The van der Waals surface area contributed by atoms with E-state index in [1.807, 2.05) is 23.5 Å². The Balaban J connectivity index is 1.85. The Hall–Kier alpha value is -0.535. The fraction of sp³-hybridized carbons (Fsp3) is 0.0909. The average Bonchev–Trinajstić information content (AvgIpc) is 2.86. The molecule has 0 saturated carbocycles. The summed E-state index contributed by atoms with van der Waals surface area (Å²) in [5.74, 6) is 2.11. The maximum atomic E-state index is 2.20. The van der Waals surface area contributed by atoms with E-state index in [2.05, 4.69) is 49.7 Å². The average molecular weight is 215 g/mol. The van der Waals surface area contributed by atoms with Crippen LogP contribution >= 0.6 is 23.5 Å². The maximum Gasteiger partial charge on any atom is 0.178 e. The van der Waals surface area contributed by atoms with Crippen molar-refractivity contribution in [3.63, 3.8) is 0 Å². The molecule has 0 aliphatic carbocycles. The van der Waals surface area contributed by atoms with Crippen LogP contribution < -0.4 is 0 Å². The molecule has 0 aromatic heterocycles. The van der Waals surface area contributed by atoms with Crippen LogP contribution in [0.4, 0.5) is 0 Å². The molecule has 0 spiro atoms. The second-order valence-corrected chi connectivity index (χ2v) is 5.82. The third-order valence-corrected chi connectivity index (χ3v) is 5.18. The highest BCUT2D eigenvalue weighted by molar-refractivity contribution is 8.20. The lowest BCUT2D eigenvalue weighted by molar-refractivity contribution is 1.27. The molecule has 0 N–H and O–H groups in total. The Morgan fingerprint density at radius 2 is 1.79 bits per heavy atom. The summed E-state index contributed by atoms with van der Waals surface area (Å²) in [5, 5.41) is 0. The lowest BCUT2D eigenvalue weighted by Gasteiger charge is -2.07. The summed E-state index contributed by atoms with van der Waals surface area (Å²) < 4.78 is 0.558. The molecule has 0 fully saturated rings. The van der Waals surface area contributed by atoms with Crippen molar-refractivity contribution in [2.45, 2.75) is 14.4 Å². The lowest BCUT2D eigenvalue weighted by atomic mass is 9.74. The van der Waals surface area contributed by atoms with E-state index in [0.717, 1.165) is 0 Å². The number of allylic oxidation sites excluding steroid dienone is 2. The van der Waals surface area contributed by atoms with Crippen molar-refractivity contribution >= 4 is 30.8 Å². The van der Waals surface area contributed by atoms with Crippen LogP contribution in [0.15, 0.2) is 57.7 Å². The molecular formula is C11H8BS2. The van der Waals surface area contributed by atoms with Gasteiger partial charge in [-0.2, -0.15) is 0 Å². The highest BCUT2D eigenvalue weighted by atomic mass is 32.2. The molecule has 1 aromatic rings. The number of thioether (sulfide) groups is 2. The van der Waals surface area contributed by atoms with E-state index in [4.69, 9.17) is 0 Å². The Bertz CT molecular complexity index is 398. The van der Waals surface area contributed by atoms with Crippen molar-refractivity contribution in [3.05, 3.63) is 47.9 Å². The number of rotatable bonds is 1. The van der Waals surface area contributed by atoms with E-state index < -0.39 is 0 Å². The van der Waals surface area contributed by atoms with Gasteiger partial charge in [0.15, 0.2) is 7.28 Å². The van der Waals surface area contributed by atoms with Gasteiger partial charge in [0.2, 0.25) is 0 Å². The number of hydrogen-bond acceptors (Lipinski definition) is 2. The molecule has 0 bridgehead atoms. The summed E-state index contributed by atoms with van der Waals surface area (Å²) in [6.07, 6.45) is 4.32. The van der Waals surface area contributed by atoms with Gasteiger partial charge in [-0.25, -0.2) is 0 Å². The third-order valence-electron chi connectivity index (χ3n) is 2.28. The van der Waals surface area contributed by atoms with Gasteiger partial charge in [-0.3, -0.25) is 0 Å². The normalized spacial score (nSPS) is 19.3. The fourth-order valence-electron chi connectivity index (χ4n) is 1.58. The van der Waals surface area contributed by atoms with Crippen molar-refractivity contribution in [3.8, 4) is 0 Å². The van der Waals surface area contributed by atoms with Crippen molar-refractivity contribution < 1.29 is 0 Å². The number of fused-ring (bicyclic) bond motifs is 1. The molecule has 0 unspecified atom stereocenters. The molecule has 2 aliphatic rings. The van der Waals surface area contributed by atoms with Crippen LogP contribution in [0.3, 0.4) is 0 Å². The number of benzene rings is 1. The molecule has 1 aromatic carbocycles. The topological polar surface area (TPSA) is 0 Å². The summed E-state index contributed by atoms with van der Waals surface area (Å²) >= 11 is 3.91. The van der Waals surface area contributed by atoms with Crippen LogP contribution in [-0.2, 0) is 0 Å². The van der Waals surface area contributed by atoms with E-state index in [1.54, 1.807) is 0 Å². The van der Waals surface area contributed by atoms with Crippen LogP contribution in [0.5, 0.6) is 0 Å². The molecule has 0 nitrogen and oxygen atoms in total. The third kappa shape index (κ3) is 1.45. The van der Waals surface area contributed by atoms with Gasteiger partial charge in [0.25, 0.3) is 0 Å². The first-order valence-electron chi connectivity index (χ1n) is 4.57. The minimum atomic E-state index is 0.558. The van der Waals surface area contributed by atoms with Crippen LogP contribution in [0, 0.1) is 0 Å². The molecule has 1 radical (unpaired) electrons. The van der Waals surface area contributed by atoms with E-state index in [9.17, 15) is 0 Å². The molecule has 2 aliphatic heterocycles. The highest BCUT2D eigenvalue weighted by Gasteiger charge is 2.25. The van der Waals surface area contributed by atoms with Gasteiger partial charge >= 0.3 is 0 Å². The van der Waals surface area contributed by atoms with Crippen molar-refractivity contribution in [1.82, 2.24) is 0 Å². The first kappa shape index (κ1) is 8.75. The van der Waals surface area contributed by atoms with Gasteiger partial charge in [0, 0.05) is 9.79 Å². The smallest absolute Gasteiger partial charge is 0.117 e. The summed E-state index contributed by atoms with van der Waals surface area (Å²) in [4.78, 5) is 2.84. The Kier molecular flexibility index (Phi) is 2.22. The molecule has 0 amide bonds. The van der Waals surface area contributed by atoms with E-state index >= 15 is 0 Å². The molecule has 0 saturated heterocycles. The standard InChI is InChI=1S/C11H8BS2/c1-2-6-10-9(5-1)13-11(14-10)8-4-3-7-12-8/h1-7,11H. The van der Waals surface area contributed by atoms with Crippen molar-refractivity contribution in [2.75, 3.05) is 0 Å². The van der Waals surface area contributed by atoms with Gasteiger partial charge in [-0.15, -0.1) is 29.5 Å². The van der Waals surface area contributed by atoms with Crippen LogP contribution in [0.1, 0.15) is 0 Å². The summed E-state index contributed by atoms with van der Waals surface area (Å²) in [6, 6.07) is 8.63. The lowest BCUT2D eigenvalue weighted by Crippen LogP contribution is -2.01. The quantitative estimate of drug-likeness (QED) is 0.659. The summed E-state index contributed by atoms with van der Waals surface area (Å²) in [6.45, 7) is 0. The second kappa shape index (κ2) is 3.56. The molecule has 3 rings (SSSR count). The van der Waals surface area contributed by atoms with Gasteiger partial charge in [-0.05, 0) is 12.1 Å². The Morgan fingerprint density at radius 1 is 1.07 bits per heavy atom. The zero-order valence-corrected chi connectivity index (χ0v) is 9.15. The molecule has 67 valence electrons. The first-order valence-corrected chi connectivity index (χ1v) is 6.33. The number of hydrogen-bond donors (Lipinski definition) is 0. The molecule has 3 heteroatoms. The summed E-state index contributed by atoms with van der Waals surface area (Å²) in [5.41, 5.74) is 1.43. The SMILES string of the molecule is [B]1C=CC=C1C1Sc2ccccc2S1. The zero-order valence-electron chi connectivity index (χ0n) is 7.51. The summed E-state index contributed by atoms with van der Waals surface area (Å²) in [7, 11) is 2.20. The Morgan fingerprint density at radius 3 is 2.36 bits per heavy atom. The predicted octanol–water partition coefficient (Wildman–Crippen LogP) is 3.33. The predicted molar refractivity (Wildman–Crippen MR) is 64.9 cm³/mol. The van der Waals surface area contributed by atoms with E-state index in [0.29, 0.717) is 4.58 Å². The van der Waals surface area contributed by atoms with Crippen LogP contribution in [0.2, 0.25) is 0 Å². The zero-order chi connectivity index (χ0) is 9.38. The van der Waals surface area contributed by atoms with Gasteiger partial charge < -0.3 is 0 Å². The fourth-order valence-corrected chi connectivity index (χ4v) is 4.42. The van der Waals surface area contributed by atoms with Gasteiger partial charge in [-0.1, -0.05) is 29.8 Å². The van der Waals surface area contributed by atoms with Crippen LogP contribution in [0.25, 0.3) is 0 Å². The minimum absolute atomic E-state index is 0.558. The minimum Gasteiger partial charge on any atom is -0.117 e.